The van der Waals surface area contributed by atoms with Crippen molar-refractivity contribution >= 4 is 17.4 Å². The number of rotatable bonds is 6. The maximum absolute atomic E-state index is 14.2. The van der Waals surface area contributed by atoms with E-state index in [4.69, 9.17) is 4.74 Å². The van der Waals surface area contributed by atoms with Crippen LogP contribution in [-0.2, 0) is 9.53 Å². The van der Waals surface area contributed by atoms with Crippen molar-refractivity contribution in [3.8, 4) is 5.75 Å². The quantitative estimate of drug-likeness (QED) is 0.595. The van der Waals surface area contributed by atoms with E-state index in [1.165, 1.54) is 33.1 Å². The second-order valence-electron chi connectivity index (χ2n) is 4.66. The molecule has 0 bridgehead atoms. The summed E-state index contributed by atoms with van der Waals surface area (Å²) in [5, 5.41) is 0. The second-order valence-corrected chi connectivity index (χ2v) is 4.66. The minimum Gasteiger partial charge on any atom is -0.497 e. The van der Waals surface area contributed by atoms with Crippen LogP contribution >= 0.6 is 0 Å². The van der Waals surface area contributed by atoms with Gasteiger partial charge in [0.25, 0.3) is 5.92 Å². The van der Waals surface area contributed by atoms with Crippen molar-refractivity contribution in [2.24, 2.45) is 10.9 Å². The minimum absolute atomic E-state index is 0.00857. The summed E-state index contributed by atoms with van der Waals surface area (Å²) in [5.74, 6) is -4.97. The van der Waals surface area contributed by atoms with E-state index in [2.05, 4.69) is 9.73 Å². The highest BCUT2D eigenvalue weighted by Gasteiger charge is 2.44. The molecule has 0 aliphatic carbocycles. The van der Waals surface area contributed by atoms with Crippen molar-refractivity contribution in [3.05, 3.63) is 24.3 Å². The maximum Gasteiger partial charge on any atom is 0.359 e. The molecule has 0 radical (unpaired) electrons. The molecule has 0 aliphatic rings. The number of carbonyl (C=O) groups excluding carboxylic acids is 1. The summed E-state index contributed by atoms with van der Waals surface area (Å²) in [6.45, 7) is 4.20. The topological polar surface area (TPSA) is 47.9 Å². The first-order valence-corrected chi connectivity index (χ1v) is 6.61. The summed E-state index contributed by atoms with van der Waals surface area (Å²) in [6, 6.07) is 6.15. The van der Waals surface area contributed by atoms with Gasteiger partial charge in [-0.25, -0.2) is 9.79 Å². The van der Waals surface area contributed by atoms with Crippen LogP contribution in [0.2, 0.25) is 0 Å². The summed E-state index contributed by atoms with van der Waals surface area (Å²) in [7, 11) is 1.50. The Kier molecular flexibility index (Phi) is 5.81. The Hall–Kier alpha value is -1.98. The smallest absolute Gasteiger partial charge is 0.359 e. The van der Waals surface area contributed by atoms with Gasteiger partial charge in [0.1, 0.15) is 5.75 Å². The summed E-state index contributed by atoms with van der Waals surface area (Å²) in [5.41, 5.74) is -0.649. The number of esters is 1. The van der Waals surface area contributed by atoms with Gasteiger partial charge in [0.2, 0.25) is 0 Å². The van der Waals surface area contributed by atoms with Crippen molar-refractivity contribution in [1.82, 2.24) is 0 Å². The molecule has 0 fully saturated rings. The van der Waals surface area contributed by atoms with Crippen LogP contribution in [-0.4, -0.2) is 31.3 Å². The number of aliphatic imine (C=N–C) groups is 1. The fourth-order valence-corrected chi connectivity index (χ4v) is 1.51. The number of hydrogen-bond donors (Lipinski definition) is 0. The third kappa shape index (κ3) is 4.24. The summed E-state index contributed by atoms with van der Waals surface area (Å²) >= 11 is 0. The predicted molar refractivity (Wildman–Crippen MR) is 76.5 cm³/mol. The number of methoxy groups -OCH3 is 1. The van der Waals surface area contributed by atoms with Gasteiger partial charge in [0.05, 0.1) is 19.4 Å². The molecule has 1 aromatic carbocycles. The normalized spacial score (nSPS) is 12.4. The SMILES string of the molecule is CCOC(=O)C(=Nc1ccc(OC)cc1)C(F)(F)C(C)C. The van der Waals surface area contributed by atoms with Gasteiger partial charge in [0.15, 0.2) is 5.71 Å². The third-order valence-electron chi connectivity index (χ3n) is 2.82. The number of halogens is 2. The minimum atomic E-state index is -3.37. The zero-order chi connectivity index (χ0) is 16.0. The third-order valence-corrected chi connectivity index (χ3v) is 2.82. The molecule has 0 atom stereocenters. The number of ether oxygens (including phenoxy) is 2. The van der Waals surface area contributed by atoms with E-state index < -0.39 is 23.5 Å². The van der Waals surface area contributed by atoms with Gasteiger partial charge >= 0.3 is 5.97 Å². The number of nitrogens with zero attached hydrogens (tertiary/aromatic N) is 1. The molecular formula is C15H19F2NO3. The maximum atomic E-state index is 14.2. The molecule has 0 unspecified atom stereocenters. The molecular weight excluding hydrogens is 280 g/mol. The fourth-order valence-electron chi connectivity index (χ4n) is 1.51. The van der Waals surface area contributed by atoms with Crippen LogP contribution < -0.4 is 4.74 Å². The van der Waals surface area contributed by atoms with Crippen LogP contribution in [0.15, 0.2) is 29.3 Å². The molecule has 116 valence electrons. The Morgan fingerprint density at radius 2 is 1.86 bits per heavy atom. The van der Waals surface area contributed by atoms with Crippen LogP contribution in [0.3, 0.4) is 0 Å². The lowest BCUT2D eigenvalue weighted by molar-refractivity contribution is -0.137. The molecule has 6 heteroatoms. The van der Waals surface area contributed by atoms with Crippen LogP contribution in [0.1, 0.15) is 20.8 Å². The lowest BCUT2D eigenvalue weighted by Gasteiger charge is -2.21. The Morgan fingerprint density at radius 3 is 2.29 bits per heavy atom. The van der Waals surface area contributed by atoms with Gasteiger partial charge < -0.3 is 9.47 Å². The average molecular weight is 299 g/mol. The molecule has 0 aliphatic heterocycles. The number of hydrogen-bond acceptors (Lipinski definition) is 4. The van der Waals surface area contributed by atoms with E-state index in [-0.39, 0.29) is 12.3 Å². The Balaban J connectivity index is 3.21. The van der Waals surface area contributed by atoms with E-state index in [1.807, 2.05) is 0 Å². The van der Waals surface area contributed by atoms with Crippen molar-refractivity contribution in [2.75, 3.05) is 13.7 Å². The van der Waals surface area contributed by atoms with Gasteiger partial charge in [-0.05, 0) is 31.2 Å². The Bertz CT molecular complexity index is 510. The van der Waals surface area contributed by atoms with E-state index in [9.17, 15) is 13.6 Å². The van der Waals surface area contributed by atoms with Gasteiger partial charge in [-0.3, -0.25) is 0 Å². The predicted octanol–water partition coefficient (Wildman–Crippen LogP) is 3.62. The van der Waals surface area contributed by atoms with Crippen molar-refractivity contribution in [1.29, 1.82) is 0 Å². The summed E-state index contributed by atoms with van der Waals surface area (Å²) < 4.78 is 38.0. The molecule has 0 heterocycles. The number of benzene rings is 1. The van der Waals surface area contributed by atoms with E-state index >= 15 is 0 Å². The molecule has 0 saturated heterocycles. The molecule has 0 saturated carbocycles. The first-order valence-electron chi connectivity index (χ1n) is 6.61. The van der Waals surface area contributed by atoms with Gasteiger partial charge in [-0.2, -0.15) is 8.78 Å². The number of alkyl halides is 2. The zero-order valence-corrected chi connectivity index (χ0v) is 12.5. The molecule has 0 amide bonds. The average Bonchev–Trinajstić information content (AvgIpc) is 2.45. The summed E-state index contributed by atoms with van der Waals surface area (Å²) in [4.78, 5) is 15.5. The van der Waals surface area contributed by atoms with Crippen molar-refractivity contribution < 1.29 is 23.0 Å². The molecule has 0 aromatic heterocycles. The monoisotopic (exact) mass is 299 g/mol. The lowest BCUT2D eigenvalue weighted by atomic mass is 10.0. The largest absolute Gasteiger partial charge is 0.497 e. The molecule has 4 nitrogen and oxygen atoms in total. The first kappa shape index (κ1) is 17.1. The van der Waals surface area contributed by atoms with Crippen molar-refractivity contribution in [2.45, 2.75) is 26.7 Å². The Labute approximate surface area is 122 Å². The van der Waals surface area contributed by atoms with Crippen LogP contribution in [0.4, 0.5) is 14.5 Å². The molecule has 21 heavy (non-hydrogen) atoms. The van der Waals surface area contributed by atoms with Crippen LogP contribution in [0, 0.1) is 5.92 Å². The van der Waals surface area contributed by atoms with Crippen LogP contribution in [0.25, 0.3) is 0 Å². The second kappa shape index (κ2) is 7.15. The highest BCUT2D eigenvalue weighted by atomic mass is 19.3. The van der Waals surface area contributed by atoms with E-state index in [0.717, 1.165) is 0 Å². The van der Waals surface area contributed by atoms with E-state index in [1.54, 1.807) is 19.1 Å². The summed E-state index contributed by atoms with van der Waals surface area (Å²) in [6.07, 6.45) is 0. The first-order chi connectivity index (χ1) is 9.82. The Morgan fingerprint density at radius 1 is 1.29 bits per heavy atom. The van der Waals surface area contributed by atoms with Gasteiger partial charge in [-0.1, -0.05) is 13.8 Å². The number of carbonyl (C=O) groups is 1. The molecule has 0 N–H and O–H groups in total. The fraction of sp³-hybridized carbons (Fsp3) is 0.467. The van der Waals surface area contributed by atoms with Crippen molar-refractivity contribution in [3.63, 3.8) is 0 Å². The van der Waals surface area contributed by atoms with Gasteiger partial charge in [-0.15, -0.1) is 0 Å². The standard InChI is InChI=1S/C15H19F2NO3/c1-5-21-14(19)13(15(16,17)10(2)3)18-11-6-8-12(20-4)9-7-11/h6-10H,5H2,1-4H3. The molecule has 1 aromatic rings. The highest BCUT2D eigenvalue weighted by Crippen LogP contribution is 2.29. The van der Waals surface area contributed by atoms with Crippen LogP contribution in [0.5, 0.6) is 5.75 Å². The lowest BCUT2D eigenvalue weighted by Crippen LogP contribution is -2.40. The zero-order valence-electron chi connectivity index (χ0n) is 12.5. The highest BCUT2D eigenvalue weighted by molar-refractivity contribution is 6.39. The van der Waals surface area contributed by atoms with Gasteiger partial charge in [0, 0.05) is 5.92 Å². The molecule has 0 spiro atoms. The van der Waals surface area contributed by atoms with E-state index in [0.29, 0.717) is 5.75 Å². The molecule has 1 rings (SSSR count).